The van der Waals surface area contributed by atoms with Gasteiger partial charge in [0.05, 0.1) is 17.2 Å². The molecule has 0 aliphatic carbocycles. The van der Waals surface area contributed by atoms with Gasteiger partial charge in [-0.25, -0.2) is 0 Å². The van der Waals surface area contributed by atoms with Crippen LogP contribution < -0.4 is 10.6 Å². The SMILES string of the molecule is CCCCCCCCCCCC1=NC(C(C)C)(C(C)C)CN1.CCCCCCCCCCCC1=NC(C)(C(F)(F)F)CN1. The van der Waals surface area contributed by atoms with Crippen LogP contribution in [0.2, 0.25) is 0 Å². The molecule has 7 heteroatoms. The summed E-state index contributed by atoms with van der Waals surface area (Å²) in [5, 5.41) is 6.39. The van der Waals surface area contributed by atoms with Crippen LogP contribution in [0.3, 0.4) is 0 Å². The molecule has 0 bridgehead atoms. The van der Waals surface area contributed by atoms with E-state index in [-0.39, 0.29) is 12.1 Å². The summed E-state index contributed by atoms with van der Waals surface area (Å²) in [4.78, 5) is 8.93. The molecule has 2 rings (SSSR count). The largest absolute Gasteiger partial charge is 0.415 e. The van der Waals surface area contributed by atoms with Gasteiger partial charge in [0.15, 0.2) is 5.54 Å². The monoisotopic (exact) mass is 615 g/mol. The van der Waals surface area contributed by atoms with Crippen molar-refractivity contribution in [1.82, 2.24) is 10.6 Å². The molecule has 43 heavy (non-hydrogen) atoms. The lowest BCUT2D eigenvalue weighted by Gasteiger charge is -2.33. The molecule has 0 amide bonds. The molecule has 0 aromatic rings. The van der Waals surface area contributed by atoms with Gasteiger partial charge in [-0.3, -0.25) is 9.98 Å². The summed E-state index contributed by atoms with van der Waals surface area (Å²) in [5.74, 6) is 3.02. The molecule has 1 unspecified atom stereocenters. The minimum Gasteiger partial charge on any atom is -0.371 e. The number of hydrogen-bond acceptors (Lipinski definition) is 4. The van der Waals surface area contributed by atoms with Crippen LogP contribution in [-0.4, -0.2) is 42.0 Å². The third kappa shape index (κ3) is 15.0. The summed E-state index contributed by atoms with van der Waals surface area (Å²) < 4.78 is 38.4. The highest BCUT2D eigenvalue weighted by Gasteiger charge is 2.53. The van der Waals surface area contributed by atoms with Gasteiger partial charge in [0, 0.05) is 25.9 Å². The second kappa shape index (κ2) is 21.5. The highest BCUT2D eigenvalue weighted by Crippen LogP contribution is 2.36. The number of nitrogens with one attached hydrogen (secondary N) is 2. The maximum atomic E-state index is 12.8. The minimum absolute atomic E-state index is 0.122. The zero-order chi connectivity index (χ0) is 32.2. The molecule has 0 aromatic heterocycles. The molecular formula is C36H69F3N4. The van der Waals surface area contributed by atoms with Gasteiger partial charge in [0.1, 0.15) is 0 Å². The number of alkyl halides is 3. The molecule has 0 fully saturated rings. The number of nitrogens with zero attached hydrogens (tertiary/aromatic N) is 2. The van der Waals surface area contributed by atoms with Crippen molar-refractivity contribution in [2.75, 3.05) is 13.1 Å². The molecule has 2 N–H and O–H groups in total. The van der Waals surface area contributed by atoms with Crippen LogP contribution in [0.5, 0.6) is 0 Å². The average Bonchev–Trinajstić information content (AvgIpc) is 3.57. The van der Waals surface area contributed by atoms with Crippen LogP contribution >= 0.6 is 0 Å². The van der Waals surface area contributed by atoms with E-state index in [1.807, 2.05) is 0 Å². The Labute approximate surface area is 264 Å². The Hall–Kier alpha value is -1.27. The minimum atomic E-state index is -4.26. The third-order valence-electron chi connectivity index (χ3n) is 9.58. The topological polar surface area (TPSA) is 48.8 Å². The summed E-state index contributed by atoms with van der Waals surface area (Å²) in [5.41, 5.74) is -1.80. The first-order chi connectivity index (χ1) is 20.4. The predicted molar refractivity (Wildman–Crippen MR) is 181 cm³/mol. The van der Waals surface area contributed by atoms with Crippen molar-refractivity contribution < 1.29 is 13.2 Å². The Morgan fingerprint density at radius 1 is 0.581 bits per heavy atom. The second-order valence-corrected chi connectivity index (χ2v) is 14.1. The van der Waals surface area contributed by atoms with E-state index in [1.54, 1.807) is 0 Å². The van der Waals surface area contributed by atoms with Crippen molar-refractivity contribution in [3.63, 3.8) is 0 Å². The highest BCUT2D eigenvalue weighted by atomic mass is 19.4. The van der Waals surface area contributed by atoms with Crippen LogP contribution in [-0.2, 0) is 0 Å². The predicted octanol–water partition coefficient (Wildman–Crippen LogP) is 11.2. The van der Waals surface area contributed by atoms with Gasteiger partial charge < -0.3 is 10.6 Å². The first-order valence-electron chi connectivity index (χ1n) is 18.1. The molecule has 1 atom stereocenters. The number of amidine groups is 2. The van der Waals surface area contributed by atoms with E-state index in [9.17, 15) is 13.2 Å². The second-order valence-electron chi connectivity index (χ2n) is 14.1. The fraction of sp³-hybridized carbons (Fsp3) is 0.944. The molecule has 0 saturated carbocycles. The van der Waals surface area contributed by atoms with Gasteiger partial charge in [-0.2, -0.15) is 13.2 Å². The van der Waals surface area contributed by atoms with E-state index in [4.69, 9.17) is 4.99 Å². The molecule has 2 heterocycles. The first kappa shape index (κ1) is 39.8. The Balaban J connectivity index is 0.000000430. The van der Waals surface area contributed by atoms with Crippen molar-refractivity contribution in [3.05, 3.63) is 0 Å². The lowest BCUT2D eigenvalue weighted by Crippen LogP contribution is -2.43. The molecule has 2 aliphatic heterocycles. The van der Waals surface area contributed by atoms with Crippen molar-refractivity contribution in [2.45, 2.75) is 194 Å². The van der Waals surface area contributed by atoms with Crippen LogP contribution in [0.15, 0.2) is 9.98 Å². The Kier molecular flexibility index (Phi) is 19.8. The molecule has 2 aliphatic rings. The number of rotatable bonds is 22. The highest BCUT2D eigenvalue weighted by molar-refractivity contribution is 5.85. The summed E-state index contributed by atoms with van der Waals surface area (Å²) in [7, 11) is 0. The molecule has 0 spiro atoms. The van der Waals surface area contributed by atoms with Gasteiger partial charge in [-0.05, 0) is 31.6 Å². The molecule has 0 saturated heterocycles. The first-order valence-corrected chi connectivity index (χ1v) is 18.1. The lowest BCUT2D eigenvalue weighted by molar-refractivity contribution is -0.175. The van der Waals surface area contributed by atoms with Crippen molar-refractivity contribution >= 4 is 11.7 Å². The fourth-order valence-electron chi connectivity index (χ4n) is 6.22. The Morgan fingerprint density at radius 3 is 1.26 bits per heavy atom. The quantitative estimate of drug-likeness (QED) is 0.119. The normalized spacial score (nSPS) is 19.6. The van der Waals surface area contributed by atoms with E-state index in [2.05, 4.69) is 57.2 Å². The van der Waals surface area contributed by atoms with E-state index >= 15 is 0 Å². The third-order valence-corrected chi connectivity index (χ3v) is 9.58. The Bertz CT molecular complexity index is 767. The summed E-state index contributed by atoms with van der Waals surface area (Å²) in [6, 6.07) is 0. The summed E-state index contributed by atoms with van der Waals surface area (Å²) in [6.07, 6.45) is 21.0. The van der Waals surface area contributed by atoms with Crippen LogP contribution in [0.4, 0.5) is 13.2 Å². The van der Waals surface area contributed by atoms with E-state index in [0.717, 1.165) is 32.7 Å². The maximum Gasteiger partial charge on any atom is 0.415 e. The van der Waals surface area contributed by atoms with Gasteiger partial charge in [-0.15, -0.1) is 0 Å². The van der Waals surface area contributed by atoms with Gasteiger partial charge in [0.25, 0.3) is 0 Å². The van der Waals surface area contributed by atoms with Crippen LogP contribution in [0.1, 0.15) is 177 Å². The number of hydrogen-bond donors (Lipinski definition) is 2. The number of unbranched alkanes of at least 4 members (excludes halogenated alkanes) is 16. The Morgan fingerprint density at radius 2 is 0.930 bits per heavy atom. The fourth-order valence-corrected chi connectivity index (χ4v) is 6.22. The standard InChI is InChI=1S/C20H40N2.C16H29F3N2/c1-6-7-8-9-10-11-12-13-14-15-19-21-16-20(22-19,17(2)3)18(4)5;1-3-4-5-6-7-8-9-10-11-12-14-20-13-15(2,21-14)16(17,18)19/h17-18H,6-16H2,1-5H3,(H,21,22);3-13H2,1-2H3,(H,20,21). The van der Waals surface area contributed by atoms with Crippen LogP contribution in [0, 0.1) is 11.8 Å². The molecule has 4 nitrogen and oxygen atoms in total. The van der Waals surface area contributed by atoms with Crippen molar-refractivity contribution in [2.24, 2.45) is 21.8 Å². The van der Waals surface area contributed by atoms with Crippen molar-refractivity contribution in [1.29, 1.82) is 0 Å². The lowest BCUT2D eigenvalue weighted by atomic mass is 9.78. The van der Waals surface area contributed by atoms with E-state index in [0.29, 0.717) is 24.1 Å². The van der Waals surface area contributed by atoms with Gasteiger partial charge in [0.2, 0.25) is 0 Å². The molecular weight excluding hydrogens is 545 g/mol. The zero-order valence-electron chi connectivity index (χ0n) is 29.2. The smallest absolute Gasteiger partial charge is 0.371 e. The van der Waals surface area contributed by atoms with E-state index < -0.39 is 11.7 Å². The number of halogens is 3. The maximum absolute atomic E-state index is 12.8. The zero-order valence-corrected chi connectivity index (χ0v) is 29.2. The molecule has 0 aromatic carbocycles. The van der Waals surface area contributed by atoms with Gasteiger partial charge >= 0.3 is 6.18 Å². The summed E-state index contributed by atoms with van der Waals surface area (Å²) >= 11 is 0. The average molecular weight is 615 g/mol. The van der Waals surface area contributed by atoms with Gasteiger partial charge in [-0.1, -0.05) is 144 Å². The van der Waals surface area contributed by atoms with E-state index in [1.165, 1.54) is 109 Å². The van der Waals surface area contributed by atoms with Crippen molar-refractivity contribution in [3.8, 4) is 0 Å². The molecule has 0 radical (unpaired) electrons. The molecule has 254 valence electrons. The number of aliphatic imine (C=N–C) groups is 2. The summed E-state index contributed by atoms with van der Waals surface area (Å²) in [6.45, 7) is 15.8. The van der Waals surface area contributed by atoms with Crippen LogP contribution in [0.25, 0.3) is 0 Å².